The van der Waals surface area contributed by atoms with Gasteiger partial charge in [0.25, 0.3) is 10.0 Å². The summed E-state index contributed by atoms with van der Waals surface area (Å²) in [6.45, 7) is 0. The lowest BCUT2D eigenvalue weighted by atomic mass is 10.2. The van der Waals surface area contributed by atoms with E-state index >= 15 is 0 Å². The predicted octanol–water partition coefficient (Wildman–Crippen LogP) is 0.870. The molecule has 2 aromatic rings. The van der Waals surface area contributed by atoms with E-state index in [1.807, 2.05) is 0 Å². The van der Waals surface area contributed by atoms with Crippen molar-refractivity contribution in [2.45, 2.75) is 4.90 Å². The molecule has 0 aliphatic carbocycles. The topological polar surface area (TPSA) is 122 Å². The summed E-state index contributed by atoms with van der Waals surface area (Å²) in [6, 6.07) is 4.90. The first kappa shape index (κ1) is 13.7. The van der Waals surface area contributed by atoms with Gasteiger partial charge in [-0.25, -0.2) is 22.8 Å². The number of hydrogen-bond acceptors (Lipinski definition) is 6. The number of halogens is 1. The number of sulfonamides is 1. The Morgan fingerprint density at radius 1 is 1.30 bits per heavy atom. The number of nitrogens with two attached hydrogens (primary N) is 1. The molecule has 0 aliphatic rings. The molecule has 0 radical (unpaired) electrons. The Labute approximate surface area is 114 Å². The van der Waals surface area contributed by atoms with Crippen LogP contribution in [-0.4, -0.2) is 18.4 Å². The van der Waals surface area contributed by atoms with E-state index in [0.29, 0.717) is 0 Å². The second-order valence-corrected chi connectivity index (χ2v) is 5.37. The minimum atomic E-state index is -3.93. The summed E-state index contributed by atoms with van der Waals surface area (Å²) in [4.78, 5) is 6.94. The average molecular weight is 293 g/mol. The number of nitrogen functional groups attached to an aromatic ring is 1. The SMILES string of the molecule is N#Cc1cc(NS(=O)(=O)c2cnc(N)nc2)ccc1F. The molecule has 102 valence electrons. The van der Waals surface area contributed by atoms with Crippen LogP contribution in [0.2, 0.25) is 0 Å². The van der Waals surface area contributed by atoms with Crippen LogP contribution in [0.4, 0.5) is 16.0 Å². The molecule has 0 saturated carbocycles. The Bertz CT molecular complexity index is 783. The Kier molecular flexibility index (Phi) is 3.49. The third kappa shape index (κ3) is 2.81. The van der Waals surface area contributed by atoms with Crippen LogP contribution in [0.15, 0.2) is 35.5 Å². The van der Waals surface area contributed by atoms with Crippen molar-refractivity contribution in [2.75, 3.05) is 10.5 Å². The number of rotatable bonds is 3. The molecule has 0 amide bonds. The lowest BCUT2D eigenvalue weighted by Crippen LogP contribution is -2.14. The van der Waals surface area contributed by atoms with Crippen molar-refractivity contribution >= 4 is 21.7 Å². The fraction of sp³-hybridized carbons (Fsp3) is 0. The Balaban J connectivity index is 2.34. The third-order valence-electron chi connectivity index (χ3n) is 2.30. The highest BCUT2D eigenvalue weighted by Crippen LogP contribution is 2.18. The minimum Gasteiger partial charge on any atom is -0.368 e. The van der Waals surface area contributed by atoms with Crippen LogP contribution < -0.4 is 10.5 Å². The van der Waals surface area contributed by atoms with E-state index in [9.17, 15) is 12.8 Å². The number of anilines is 2. The van der Waals surface area contributed by atoms with Crippen LogP contribution in [-0.2, 0) is 10.0 Å². The molecule has 0 aliphatic heterocycles. The summed E-state index contributed by atoms with van der Waals surface area (Å²) in [5.41, 5.74) is 5.05. The molecule has 2 rings (SSSR count). The van der Waals surface area contributed by atoms with Gasteiger partial charge in [0.2, 0.25) is 5.95 Å². The van der Waals surface area contributed by atoms with Crippen LogP contribution >= 0.6 is 0 Å². The second-order valence-electron chi connectivity index (χ2n) is 3.69. The van der Waals surface area contributed by atoms with Crippen molar-refractivity contribution in [1.82, 2.24) is 9.97 Å². The fourth-order valence-electron chi connectivity index (χ4n) is 1.35. The summed E-state index contributed by atoms with van der Waals surface area (Å²) >= 11 is 0. The molecule has 0 unspecified atom stereocenters. The van der Waals surface area contributed by atoms with Crippen molar-refractivity contribution in [3.8, 4) is 6.07 Å². The molecule has 1 heterocycles. The normalized spacial score (nSPS) is 10.8. The maximum absolute atomic E-state index is 13.1. The van der Waals surface area contributed by atoms with E-state index < -0.39 is 15.8 Å². The lowest BCUT2D eigenvalue weighted by molar-refractivity contribution is 0.600. The summed E-state index contributed by atoms with van der Waals surface area (Å²) in [5, 5.41) is 8.69. The minimum absolute atomic E-state index is 0.0553. The monoisotopic (exact) mass is 293 g/mol. The van der Waals surface area contributed by atoms with Gasteiger partial charge >= 0.3 is 0 Å². The van der Waals surface area contributed by atoms with Crippen LogP contribution in [0.1, 0.15) is 5.56 Å². The zero-order valence-corrected chi connectivity index (χ0v) is 10.7. The van der Waals surface area contributed by atoms with E-state index in [1.165, 1.54) is 6.07 Å². The molecule has 7 nitrogen and oxygen atoms in total. The van der Waals surface area contributed by atoms with Gasteiger partial charge in [-0.15, -0.1) is 0 Å². The highest BCUT2D eigenvalue weighted by molar-refractivity contribution is 7.92. The van der Waals surface area contributed by atoms with Gasteiger partial charge in [-0.1, -0.05) is 0 Å². The number of hydrogen-bond donors (Lipinski definition) is 2. The highest BCUT2D eigenvalue weighted by atomic mass is 32.2. The van der Waals surface area contributed by atoms with Gasteiger partial charge in [0.05, 0.1) is 23.6 Å². The summed E-state index contributed by atoms with van der Waals surface area (Å²) < 4.78 is 39.3. The first-order chi connectivity index (χ1) is 9.42. The predicted molar refractivity (Wildman–Crippen MR) is 68.4 cm³/mol. The highest BCUT2D eigenvalue weighted by Gasteiger charge is 2.16. The molecule has 0 fully saturated rings. The van der Waals surface area contributed by atoms with Crippen LogP contribution in [0.3, 0.4) is 0 Å². The largest absolute Gasteiger partial charge is 0.368 e. The van der Waals surface area contributed by atoms with Crippen LogP contribution in [0.5, 0.6) is 0 Å². The van der Waals surface area contributed by atoms with Crippen molar-refractivity contribution in [1.29, 1.82) is 5.26 Å². The standard InChI is InChI=1S/C11H8FN5O2S/c12-10-2-1-8(3-7(10)4-13)17-20(18,19)9-5-15-11(14)16-6-9/h1-3,5-6,17H,(H2,14,15,16). The molecule has 20 heavy (non-hydrogen) atoms. The van der Waals surface area contributed by atoms with E-state index in [4.69, 9.17) is 11.0 Å². The van der Waals surface area contributed by atoms with E-state index in [0.717, 1.165) is 24.5 Å². The maximum atomic E-state index is 13.1. The second kappa shape index (κ2) is 5.10. The quantitative estimate of drug-likeness (QED) is 0.865. The van der Waals surface area contributed by atoms with E-state index in [-0.39, 0.29) is 22.1 Å². The van der Waals surface area contributed by atoms with Gasteiger partial charge in [0.15, 0.2) is 0 Å². The summed E-state index contributed by atoms with van der Waals surface area (Å²) in [5.74, 6) is -0.788. The van der Waals surface area contributed by atoms with Gasteiger partial charge in [-0.05, 0) is 18.2 Å². The van der Waals surface area contributed by atoms with Crippen molar-refractivity contribution in [2.24, 2.45) is 0 Å². The summed E-state index contributed by atoms with van der Waals surface area (Å²) in [7, 11) is -3.93. The average Bonchev–Trinajstić information content (AvgIpc) is 2.41. The number of aromatic nitrogens is 2. The van der Waals surface area contributed by atoms with Gasteiger partial charge in [0.1, 0.15) is 16.8 Å². The van der Waals surface area contributed by atoms with Crippen LogP contribution in [0, 0.1) is 17.1 Å². The summed E-state index contributed by atoms with van der Waals surface area (Å²) in [6.07, 6.45) is 2.08. The van der Waals surface area contributed by atoms with Crippen molar-refractivity contribution in [3.05, 3.63) is 42.0 Å². The molecule has 3 N–H and O–H groups in total. The van der Waals surface area contributed by atoms with Gasteiger partial charge in [-0.3, -0.25) is 4.72 Å². The third-order valence-corrected chi connectivity index (χ3v) is 3.63. The van der Waals surface area contributed by atoms with Gasteiger partial charge in [-0.2, -0.15) is 5.26 Å². The molecule has 9 heteroatoms. The van der Waals surface area contributed by atoms with Gasteiger partial charge < -0.3 is 5.73 Å². The van der Waals surface area contributed by atoms with E-state index in [2.05, 4.69) is 14.7 Å². The zero-order chi connectivity index (χ0) is 14.8. The lowest BCUT2D eigenvalue weighted by Gasteiger charge is -2.08. The molecule has 0 spiro atoms. The molecular weight excluding hydrogens is 285 g/mol. The smallest absolute Gasteiger partial charge is 0.264 e. The Hall–Kier alpha value is -2.73. The maximum Gasteiger partial charge on any atom is 0.264 e. The Morgan fingerprint density at radius 3 is 2.55 bits per heavy atom. The molecule has 1 aromatic heterocycles. The fourth-order valence-corrected chi connectivity index (χ4v) is 2.29. The number of benzene rings is 1. The molecule has 1 aromatic carbocycles. The number of nitrogens with one attached hydrogen (secondary N) is 1. The molecule has 0 bridgehead atoms. The van der Waals surface area contributed by atoms with E-state index in [1.54, 1.807) is 6.07 Å². The first-order valence-corrected chi connectivity index (χ1v) is 6.71. The number of nitrogens with zero attached hydrogens (tertiary/aromatic N) is 3. The Morgan fingerprint density at radius 2 is 1.95 bits per heavy atom. The van der Waals surface area contributed by atoms with Crippen LogP contribution in [0.25, 0.3) is 0 Å². The number of nitriles is 1. The molecule has 0 atom stereocenters. The van der Waals surface area contributed by atoms with Crippen molar-refractivity contribution < 1.29 is 12.8 Å². The zero-order valence-electron chi connectivity index (χ0n) is 9.91. The van der Waals surface area contributed by atoms with Gasteiger partial charge in [0, 0.05) is 0 Å². The van der Waals surface area contributed by atoms with Crippen molar-refractivity contribution in [3.63, 3.8) is 0 Å². The first-order valence-electron chi connectivity index (χ1n) is 5.22. The molecule has 0 saturated heterocycles. The molecular formula is C11H8FN5O2S.